The smallest absolute Gasteiger partial charge is 0.334 e. The quantitative estimate of drug-likeness (QED) is 0.333. The lowest BCUT2D eigenvalue weighted by Crippen LogP contribution is -2.31. The molecule has 1 heterocycles. The third-order valence-electron chi connectivity index (χ3n) is 3.89. The number of hydrogen-bond donors (Lipinski definition) is 4. The Hall–Kier alpha value is -4.61. The molecule has 12 heteroatoms. The number of anilines is 4. The Balaban J connectivity index is 1.79. The zero-order valence-corrected chi connectivity index (χ0v) is 16.0. The third-order valence-corrected chi connectivity index (χ3v) is 3.89. The van der Waals surface area contributed by atoms with Crippen molar-refractivity contribution in [2.45, 2.75) is 6.92 Å². The predicted molar refractivity (Wildman–Crippen MR) is 110 cm³/mol. The van der Waals surface area contributed by atoms with Gasteiger partial charge in [-0.05, 0) is 36.4 Å². The average molecular weight is 425 g/mol. The van der Waals surface area contributed by atoms with Crippen molar-refractivity contribution in [2.24, 2.45) is 0 Å². The highest BCUT2D eigenvalue weighted by atomic mass is 19.1. The maximum Gasteiger partial charge on any atom is 0.355 e. The molecule has 0 saturated heterocycles. The highest BCUT2D eigenvalue weighted by molar-refractivity contribution is 5.95. The number of carbonyl (C=O) groups is 2. The Morgan fingerprint density at radius 3 is 2.29 bits per heavy atom. The van der Waals surface area contributed by atoms with Crippen molar-refractivity contribution < 1.29 is 18.9 Å². The Bertz CT molecular complexity index is 1140. The minimum atomic E-state index is -0.839. The number of aromatic nitrogens is 2. The molecule has 1 aromatic heterocycles. The van der Waals surface area contributed by atoms with E-state index in [9.17, 15) is 24.1 Å². The first-order valence-corrected chi connectivity index (χ1v) is 8.80. The first kappa shape index (κ1) is 21.1. The van der Waals surface area contributed by atoms with Gasteiger partial charge in [0.2, 0.25) is 17.5 Å². The molecule has 0 atom stereocenters. The summed E-state index contributed by atoms with van der Waals surface area (Å²) in [5, 5.41) is 17.0. The second-order valence-electron chi connectivity index (χ2n) is 6.12. The van der Waals surface area contributed by atoms with Crippen LogP contribution >= 0.6 is 0 Å². The van der Waals surface area contributed by atoms with E-state index in [-0.39, 0.29) is 23.1 Å². The van der Waals surface area contributed by atoms with Gasteiger partial charge < -0.3 is 10.6 Å². The van der Waals surface area contributed by atoms with Gasteiger partial charge in [0.15, 0.2) is 0 Å². The number of hydrogen-bond acceptors (Lipinski definition) is 8. The summed E-state index contributed by atoms with van der Waals surface area (Å²) in [6.07, 6.45) is 1.05. The molecule has 0 aliphatic rings. The van der Waals surface area contributed by atoms with Crippen LogP contribution in [0.15, 0.2) is 54.9 Å². The lowest BCUT2D eigenvalue weighted by Gasteiger charge is -2.11. The van der Waals surface area contributed by atoms with Crippen LogP contribution in [0.1, 0.15) is 17.3 Å². The van der Waals surface area contributed by atoms with E-state index < -0.39 is 22.3 Å². The lowest BCUT2D eigenvalue weighted by atomic mass is 10.2. The van der Waals surface area contributed by atoms with Crippen molar-refractivity contribution in [3.05, 3.63) is 76.4 Å². The number of benzene rings is 2. The van der Waals surface area contributed by atoms with Crippen molar-refractivity contribution >= 4 is 40.5 Å². The number of hydrazine groups is 1. The Morgan fingerprint density at radius 1 is 1.00 bits per heavy atom. The highest BCUT2D eigenvalue weighted by Crippen LogP contribution is 2.31. The number of nitro groups is 1. The first-order chi connectivity index (χ1) is 14.8. The van der Waals surface area contributed by atoms with Crippen LogP contribution in [-0.4, -0.2) is 26.7 Å². The topological polar surface area (TPSA) is 151 Å². The number of nitrogens with one attached hydrogen (secondary N) is 4. The number of amides is 2. The van der Waals surface area contributed by atoms with E-state index in [1.165, 1.54) is 25.1 Å². The van der Waals surface area contributed by atoms with Gasteiger partial charge in [-0.25, -0.2) is 14.4 Å². The first-order valence-electron chi connectivity index (χ1n) is 8.80. The average Bonchev–Trinajstić information content (AvgIpc) is 2.73. The van der Waals surface area contributed by atoms with Crippen LogP contribution in [-0.2, 0) is 4.79 Å². The maximum atomic E-state index is 13.7. The van der Waals surface area contributed by atoms with Crippen molar-refractivity contribution in [2.75, 3.05) is 16.1 Å². The number of rotatable bonds is 7. The molecule has 0 aliphatic heterocycles. The van der Waals surface area contributed by atoms with Crippen molar-refractivity contribution in [3.63, 3.8) is 0 Å². The van der Waals surface area contributed by atoms with Crippen LogP contribution in [0.3, 0.4) is 0 Å². The van der Waals surface area contributed by atoms with Crippen LogP contribution in [0, 0.1) is 15.9 Å². The van der Waals surface area contributed by atoms with E-state index in [1.54, 1.807) is 24.3 Å². The molecule has 0 saturated carbocycles. The van der Waals surface area contributed by atoms with E-state index in [4.69, 9.17) is 0 Å². The summed E-state index contributed by atoms with van der Waals surface area (Å²) in [6.45, 7) is 1.37. The second kappa shape index (κ2) is 9.26. The Kier molecular flexibility index (Phi) is 6.30. The SMILES string of the molecule is CC(=O)Nc1ccc(Nc2ncnc(NNC(=O)c3ccccc3F)c2[N+](=O)[O-])cc1. The molecule has 0 aliphatic carbocycles. The van der Waals surface area contributed by atoms with Crippen molar-refractivity contribution in [1.29, 1.82) is 0 Å². The summed E-state index contributed by atoms with van der Waals surface area (Å²) in [5.41, 5.74) is 4.73. The third kappa shape index (κ3) is 5.26. The molecule has 3 aromatic rings. The summed E-state index contributed by atoms with van der Waals surface area (Å²) in [5.74, 6) is -2.27. The molecule has 11 nitrogen and oxygen atoms in total. The zero-order chi connectivity index (χ0) is 22.4. The van der Waals surface area contributed by atoms with Crippen LogP contribution in [0.2, 0.25) is 0 Å². The fourth-order valence-electron chi connectivity index (χ4n) is 2.54. The number of carbonyl (C=O) groups excluding carboxylic acids is 2. The Morgan fingerprint density at radius 2 is 1.65 bits per heavy atom. The second-order valence-corrected chi connectivity index (χ2v) is 6.12. The molecule has 31 heavy (non-hydrogen) atoms. The summed E-state index contributed by atoms with van der Waals surface area (Å²) < 4.78 is 13.7. The summed E-state index contributed by atoms with van der Waals surface area (Å²) in [4.78, 5) is 41.7. The molecule has 0 radical (unpaired) electrons. The molecule has 4 N–H and O–H groups in total. The fraction of sp³-hybridized carbons (Fsp3) is 0.0526. The molecule has 158 valence electrons. The molecule has 0 bridgehead atoms. The van der Waals surface area contributed by atoms with Crippen molar-refractivity contribution in [3.8, 4) is 0 Å². The summed E-state index contributed by atoms with van der Waals surface area (Å²) >= 11 is 0. The predicted octanol–water partition coefficient (Wildman–Crippen LogP) is 2.98. The van der Waals surface area contributed by atoms with Gasteiger partial charge >= 0.3 is 5.69 Å². The summed E-state index contributed by atoms with van der Waals surface area (Å²) in [7, 11) is 0. The monoisotopic (exact) mass is 425 g/mol. The molecule has 3 rings (SSSR count). The molecule has 0 fully saturated rings. The fourth-order valence-corrected chi connectivity index (χ4v) is 2.54. The van der Waals surface area contributed by atoms with Gasteiger partial charge in [0.05, 0.1) is 10.5 Å². The van der Waals surface area contributed by atoms with Gasteiger partial charge in [0, 0.05) is 18.3 Å². The standard InChI is InChI=1S/C19H16FN7O4/c1-11(28)23-12-6-8-13(9-7-12)24-17-16(27(30)31)18(22-10-21-17)25-26-19(29)14-4-2-3-5-15(14)20/h2-10H,1H3,(H,23,28)(H,26,29)(H2,21,22,24,25). The van der Waals surface area contributed by atoms with E-state index in [0.29, 0.717) is 11.4 Å². The van der Waals surface area contributed by atoms with Crippen LogP contribution in [0.4, 0.5) is 33.1 Å². The van der Waals surface area contributed by atoms with E-state index in [0.717, 1.165) is 12.4 Å². The van der Waals surface area contributed by atoms with Crippen LogP contribution < -0.4 is 21.5 Å². The zero-order valence-electron chi connectivity index (χ0n) is 16.0. The minimum absolute atomic E-state index is 0.144. The van der Waals surface area contributed by atoms with Crippen LogP contribution in [0.25, 0.3) is 0 Å². The number of nitrogens with zero attached hydrogens (tertiary/aromatic N) is 3. The molecular formula is C19H16FN7O4. The summed E-state index contributed by atoms with van der Waals surface area (Å²) in [6, 6.07) is 11.7. The van der Waals surface area contributed by atoms with E-state index in [2.05, 4.69) is 31.5 Å². The van der Waals surface area contributed by atoms with E-state index >= 15 is 0 Å². The highest BCUT2D eigenvalue weighted by Gasteiger charge is 2.24. The maximum absolute atomic E-state index is 13.7. The molecule has 2 amide bonds. The molecule has 0 spiro atoms. The van der Waals surface area contributed by atoms with Gasteiger partial charge in [-0.2, -0.15) is 0 Å². The van der Waals surface area contributed by atoms with Gasteiger partial charge in [-0.15, -0.1) is 0 Å². The lowest BCUT2D eigenvalue weighted by molar-refractivity contribution is -0.383. The van der Waals surface area contributed by atoms with Crippen molar-refractivity contribution in [1.82, 2.24) is 15.4 Å². The molecule has 0 unspecified atom stereocenters. The van der Waals surface area contributed by atoms with Gasteiger partial charge in [-0.3, -0.25) is 30.6 Å². The van der Waals surface area contributed by atoms with Crippen LogP contribution in [0.5, 0.6) is 0 Å². The normalized spacial score (nSPS) is 10.1. The minimum Gasteiger partial charge on any atom is -0.334 e. The van der Waals surface area contributed by atoms with Gasteiger partial charge in [0.25, 0.3) is 5.91 Å². The largest absolute Gasteiger partial charge is 0.355 e. The Labute approximate surface area is 174 Å². The molecular weight excluding hydrogens is 409 g/mol. The van der Waals surface area contributed by atoms with Gasteiger partial charge in [0.1, 0.15) is 12.1 Å². The van der Waals surface area contributed by atoms with E-state index in [1.807, 2.05) is 0 Å². The molecule has 2 aromatic carbocycles. The van der Waals surface area contributed by atoms with Gasteiger partial charge in [-0.1, -0.05) is 12.1 Å². The number of halogens is 1.